The number of aliphatic hydroxyl groups excluding tert-OH is 1. The number of nitrogens with two attached hydrogens (primary N) is 1. The molecule has 2 atom stereocenters. The number of nitrogens with one attached hydrogen (secondary N) is 1. The van der Waals surface area contributed by atoms with Crippen LogP contribution in [0.3, 0.4) is 0 Å². The molecule has 0 aliphatic heterocycles. The van der Waals surface area contributed by atoms with Crippen molar-refractivity contribution in [2.75, 3.05) is 11.1 Å². The van der Waals surface area contributed by atoms with Crippen LogP contribution in [0.2, 0.25) is 5.28 Å². The van der Waals surface area contributed by atoms with Crippen LogP contribution in [0.5, 0.6) is 0 Å². The first-order chi connectivity index (χ1) is 6.97. The maximum absolute atomic E-state index is 9.17. The zero-order valence-corrected chi connectivity index (χ0v) is 9.36. The van der Waals surface area contributed by atoms with E-state index in [2.05, 4.69) is 20.3 Å². The molecule has 0 fully saturated rings. The lowest BCUT2D eigenvalue weighted by atomic mass is 10.2. The van der Waals surface area contributed by atoms with Crippen molar-refractivity contribution in [1.29, 1.82) is 0 Å². The first-order valence-corrected chi connectivity index (χ1v) is 4.97. The lowest BCUT2D eigenvalue weighted by molar-refractivity contribution is 0.179. The van der Waals surface area contributed by atoms with Crippen LogP contribution >= 0.6 is 11.6 Å². The highest BCUT2D eigenvalue weighted by atomic mass is 35.5. The summed E-state index contributed by atoms with van der Waals surface area (Å²) >= 11 is 5.61. The summed E-state index contributed by atoms with van der Waals surface area (Å²) in [5.41, 5.74) is 5.40. The fourth-order valence-electron chi connectivity index (χ4n) is 1.22. The second-order valence-electron chi connectivity index (χ2n) is 3.42. The maximum Gasteiger partial charge on any atom is 0.229 e. The second kappa shape index (κ2) is 5.09. The number of nitrogen functional groups attached to an aromatic ring is 1. The van der Waals surface area contributed by atoms with Gasteiger partial charge in [0.15, 0.2) is 0 Å². The van der Waals surface area contributed by atoms with E-state index >= 15 is 0 Å². The van der Waals surface area contributed by atoms with Crippen LogP contribution in [0.15, 0.2) is 0 Å². The van der Waals surface area contributed by atoms with Crippen molar-refractivity contribution in [3.05, 3.63) is 5.28 Å². The Balaban J connectivity index is 2.63. The molecule has 7 heteroatoms. The van der Waals surface area contributed by atoms with Gasteiger partial charge in [0.1, 0.15) is 0 Å². The number of nitrogens with zero attached hydrogens (tertiary/aromatic N) is 3. The molecule has 15 heavy (non-hydrogen) atoms. The lowest BCUT2D eigenvalue weighted by Crippen LogP contribution is -2.22. The van der Waals surface area contributed by atoms with E-state index in [-0.39, 0.29) is 23.4 Å². The molecule has 1 aromatic heterocycles. The third-order valence-electron chi connectivity index (χ3n) is 1.70. The van der Waals surface area contributed by atoms with Crippen LogP contribution in [-0.2, 0) is 0 Å². The van der Waals surface area contributed by atoms with Gasteiger partial charge in [-0.1, -0.05) is 0 Å². The van der Waals surface area contributed by atoms with Gasteiger partial charge in [-0.2, -0.15) is 15.0 Å². The molecule has 2 unspecified atom stereocenters. The van der Waals surface area contributed by atoms with Gasteiger partial charge in [0.2, 0.25) is 17.2 Å². The monoisotopic (exact) mass is 231 g/mol. The quantitative estimate of drug-likeness (QED) is 0.705. The van der Waals surface area contributed by atoms with Crippen molar-refractivity contribution in [2.24, 2.45) is 0 Å². The zero-order valence-electron chi connectivity index (χ0n) is 8.61. The highest BCUT2D eigenvalue weighted by Crippen LogP contribution is 2.09. The molecule has 0 bridgehead atoms. The van der Waals surface area contributed by atoms with Gasteiger partial charge < -0.3 is 16.2 Å². The number of halogens is 1. The maximum atomic E-state index is 9.17. The number of rotatable bonds is 4. The second-order valence-corrected chi connectivity index (χ2v) is 3.75. The predicted molar refractivity (Wildman–Crippen MR) is 58.6 cm³/mol. The smallest absolute Gasteiger partial charge is 0.229 e. The molecular weight excluding hydrogens is 218 g/mol. The molecule has 1 aromatic rings. The summed E-state index contributed by atoms with van der Waals surface area (Å²) in [6, 6.07) is 0.0304. The summed E-state index contributed by atoms with van der Waals surface area (Å²) in [6.45, 7) is 3.62. The molecule has 0 aliphatic carbocycles. The average Bonchev–Trinajstić information content (AvgIpc) is 1.98. The Morgan fingerprint density at radius 1 is 1.40 bits per heavy atom. The first kappa shape index (κ1) is 11.9. The van der Waals surface area contributed by atoms with Crippen molar-refractivity contribution >= 4 is 23.5 Å². The van der Waals surface area contributed by atoms with E-state index in [9.17, 15) is 0 Å². The van der Waals surface area contributed by atoms with E-state index in [0.29, 0.717) is 12.4 Å². The topological polar surface area (TPSA) is 97.0 Å². The summed E-state index contributed by atoms with van der Waals surface area (Å²) in [5, 5.41) is 12.2. The predicted octanol–water partition coefficient (Wildman–Crippen LogP) is 0.678. The normalized spacial score (nSPS) is 14.7. The minimum atomic E-state index is -0.387. The minimum absolute atomic E-state index is 0.0304. The van der Waals surface area contributed by atoms with E-state index in [1.165, 1.54) is 0 Å². The molecule has 6 nitrogen and oxygen atoms in total. The Morgan fingerprint density at radius 3 is 2.60 bits per heavy atom. The Labute approximate surface area is 92.9 Å². The van der Waals surface area contributed by atoms with Gasteiger partial charge >= 0.3 is 0 Å². The highest BCUT2D eigenvalue weighted by Gasteiger charge is 2.08. The minimum Gasteiger partial charge on any atom is -0.393 e. The number of anilines is 2. The lowest BCUT2D eigenvalue weighted by Gasteiger charge is -2.15. The van der Waals surface area contributed by atoms with Crippen LogP contribution in [0, 0.1) is 0 Å². The Bertz CT molecular complexity index is 313. The number of hydrogen-bond acceptors (Lipinski definition) is 6. The van der Waals surface area contributed by atoms with Gasteiger partial charge in [0.05, 0.1) is 6.10 Å². The van der Waals surface area contributed by atoms with Crippen LogP contribution in [0.25, 0.3) is 0 Å². The summed E-state index contributed by atoms with van der Waals surface area (Å²) in [5.74, 6) is 0.391. The fourth-order valence-corrected chi connectivity index (χ4v) is 1.39. The molecule has 1 rings (SSSR count). The van der Waals surface area contributed by atoms with Gasteiger partial charge in [0.25, 0.3) is 0 Å². The number of hydrogen-bond donors (Lipinski definition) is 3. The molecule has 0 saturated heterocycles. The summed E-state index contributed by atoms with van der Waals surface area (Å²) in [4.78, 5) is 11.3. The van der Waals surface area contributed by atoms with Crippen LogP contribution in [0.4, 0.5) is 11.9 Å². The van der Waals surface area contributed by atoms with Crippen molar-refractivity contribution in [3.63, 3.8) is 0 Å². The van der Waals surface area contributed by atoms with Gasteiger partial charge in [0, 0.05) is 6.04 Å². The zero-order chi connectivity index (χ0) is 11.4. The van der Waals surface area contributed by atoms with E-state index in [1.807, 2.05) is 6.92 Å². The fraction of sp³-hybridized carbons (Fsp3) is 0.625. The molecule has 0 spiro atoms. The van der Waals surface area contributed by atoms with Crippen molar-refractivity contribution in [3.8, 4) is 0 Å². The van der Waals surface area contributed by atoms with Crippen LogP contribution in [0.1, 0.15) is 20.3 Å². The number of aromatic nitrogens is 3. The first-order valence-electron chi connectivity index (χ1n) is 4.59. The van der Waals surface area contributed by atoms with Crippen LogP contribution < -0.4 is 11.1 Å². The molecule has 0 aliphatic rings. The molecule has 0 aromatic carbocycles. The van der Waals surface area contributed by atoms with E-state index in [0.717, 1.165) is 0 Å². The number of aliphatic hydroxyl groups is 1. The van der Waals surface area contributed by atoms with Gasteiger partial charge in [-0.3, -0.25) is 0 Å². The molecular formula is C8H14ClN5O. The Hall–Kier alpha value is -1.14. The van der Waals surface area contributed by atoms with Crippen molar-refractivity contribution in [1.82, 2.24) is 15.0 Å². The Kier molecular flexibility index (Phi) is 4.05. The van der Waals surface area contributed by atoms with E-state index < -0.39 is 0 Å². The van der Waals surface area contributed by atoms with Crippen LogP contribution in [-0.4, -0.2) is 32.2 Å². The van der Waals surface area contributed by atoms with Gasteiger partial charge in [-0.15, -0.1) is 0 Å². The molecule has 84 valence electrons. The van der Waals surface area contributed by atoms with E-state index in [1.54, 1.807) is 6.92 Å². The largest absolute Gasteiger partial charge is 0.393 e. The third kappa shape index (κ3) is 4.26. The van der Waals surface area contributed by atoms with Crippen molar-refractivity contribution in [2.45, 2.75) is 32.4 Å². The van der Waals surface area contributed by atoms with Crippen molar-refractivity contribution < 1.29 is 5.11 Å². The molecule has 1 heterocycles. The molecule has 0 amide bonds. The summed E-state index contributed by atoms with van der Waals surface area (Å²) in [6.07, 6.45) is 0.200. The molecule has 4 N–H and O–H groups in total. The average molecular weight is 232 g/mol. The van der Waals surface area contributed by atoms with E-state index in [4.69, 9.17) is 22.4 Å². The standard InChI is InChI=1S/C8H14ClN5O/c1-4(3-5(2)15)11-8-13-6(9)12-7(10)14-8/h4-5,15H,3H2,1-2H3,(H3,10,11,12,13,14). The van der Waals surface area contributed by atoms with Gasteiger partial charge in [-0.05, 0) is 31.9 Å². The molecule has 0 radical (unpaired) electrons. The summed E-state index contributed by atoms with van der Waals surface area (Å²) in [7, 11) is 0. The molecule has 0 saturated carbocycles. The van der Waals surface area contributed by atoms with Gasteiger partial charge in [-0.25, -0.2) is 0 Å². The third-order valence-corrected chi connectivity index (χ3v) is 1.86. The summed E-state index contributed by atoms with van der Waals surface area (Å²) < 4.78 is 0. The SMILES string of the molecule is CC(O)CC(C)Nc1nc(N)nc(Cl)n1. The highest BCUT2D eigenvalue weighted by molar-refractivity contribution is 6.28. The Morgan fingerprint density at radius 2 is 2.07 bits per heavy atom.